The summed E-state index contributed by atoms with van der Waals surface area (Å²) in [7, 11) is 2.19. The molecule has 1 unspecified atom stereocenters. The largest absolute Gasteiger partial charge is 0.444 e. The molecule has 156 valence electrons. The van der Waals surface area contributed by atoms with E-state index in [4.69, 9.17) is 17.0 Å². The molecule has 2 rings (SSSR count). The zero-order valence-corrected chi connectivity index (χ0v) is 18.6. The number of hydrogen-bond acceptors (Lipinski definition) is 4. The molecule has 1 atom stereocenters. The van der Waals surface area contributed by atoms with Gasteiger partial charge >= 0.3 is 6.09 Å². The first-order valence-corrected chi connectivity index (χ1v) is 10.8. The van der Waals surface area contributed by atoms with Crippen molar-refractivity contribution in [3.63, 3.8) is 0 Å². The van der Waals surface area contributed by atoms with Gasteiger partial charge < -0.3 is 24.8 Å². The Hall–Kier alpha value is -1.08. The third-order valence-corrected chi connectivity index (χ3v) is 5.78. The molecule has 0 saturated carbocycles. The van der Waals surface area contributed by atoms with Crippen molar-refractivity contribution < 1.29 is 9.53 Å². The van der Waals surface area contributed by atoms with Gasteiger partial charge in [-0.05, 0) is 78.3 Å². The maximum atomic E-state index is 12.4. The predicted molar refractivity (Wildman–Crippen MR) is 114 cm³/mol. The van der Waals surface area contributed by atoms with Crippen LogP contribution in [0.1, 0.15) is 53.4 Å². The van der Waals surface area contributed by atoms with Gasteiger partial charge in [0.1, 0.15) is 5.60 Å². The molecule has 0 aromatic rings. The molecule has 2 aliphatic rings. The lowest BCUT2D eigenvalue weighted by Crippen LogP contribution is -2.59. The van der Waals surface area contributed by atoms with Gasteiger partial charge in [0.15, 0.2) is 5.11 Å². The van der Waals surface area contributed by atoms with E-state index in [2.05, 4.69) is 29.1 Å². The van der Waals surface area contributed by atoms with Crippen LogP contribution in [0.15, 0.2) is 0 Å². The number of carbonyl (C=O) groups excluding carboxylic acids is 1. The first-order valence-electron chi connectivity index (χ1n) is 10.4. The molecule has 2 heterocycles. The second-order valence-electron chi connectivity index (χ2n) is 8.99. The Bertz CT molecular complexity index is 501. The summed E-state index contributed by atoms with van der Waals surface area (Å²) in [5.41, 5.74) is -0.459. The van der Waals surface area contributed by atoms with Crippen LogP contribution in [0, 0.1) is 5.92 Å². The minimum absolute atomic E-state index is 0.214. The van der Waals surface area contributed by atoms with Crippen LogP contribution in [0.5, 0.6) is 0 Å². The van der Waals surface area contributed by atoms with Crippen molar-refractivity contribution in [2.45, 2.75) is 65.0 Å². The Balaban J connectivity index is 1.86. The number of carbonyl (C=O) groups is 1. The number of likely N-dealkylation sites (tertiary alicyclic amines) is 1. The lowest BCUT2D eigenvalue weighted by molar-refractivity contribution is 0.0114. The molecular weight excluding hydrogens is 360 g/mol. The summed E-state index contributed by atoms with van der Waals surface area (Å²) in [5.74, 6) is 0.701. The molecule has 7 heteroatoms. The Morgan fingerprint density at radius 1 is 1.19 bits per heavy atom. The van der Waals surface area contributed by atoms with Crippen molar-refractivity contribution in [1.29, 1.82) is 0 Å². The molecule has 27 heavy (non-hydrogen) atoms. The van der Waals surface area contributed by atoms with E-state index in [1.165, 1.54) is 25.9 Å². The number of piperidine rings is 1. The van der Waals surface area contributed by atoms with Crippen LogP contribution in [0.25, 0.3) is 0 Å². The van der Waals surface area contributed by atoms with Crippen molar-refractivity contribution in [2.24, 2.45) is 5.92 Å². The first kappa shape index (κ1) is 22.2. The van der Waals surface area contributed by atoms with Gasteiger partial charge in [-0.15, -0.1) is 0 Å². The van der Waals surface area contributed by atoms with Crippen LogP contribution in [0.3, 0.4) is 0 Å². The van der Waals surface area contributed by atoms with Gasteiger partial charge in [-0.1, -0.05) is 13.3 Å². The molecule has 0 radical (unpaired) electrons. The molecule has 2 saturated heterocycles. The van der Waals surface area contributed by atoms with Crippen molar-refractivity contribution in [1.82, 2.24) is 20.0 Å². The number of ether oxygens (including phenoxy) is 1. The topological polar surface area (TPSA) is 48.1 Å². The van der Waals surface area contributed by atoms with E-state index in [0.29, 0.717) is 19.0 Å². The summed E-state index contributed by atoms with van der Waals surface area (Å²) >= 11 is 5.72. The Morgan fingerprint density at radius 3 is 2.44 bits per heavy atom. The van der Waals surface area contributed by atoms with Gasteiger partial charge in [0.2, 0.25) is 0 Å². The summed E-state index contributed by atoms with van der Waals surface area (Å²) in [6.07, 6.45) is 4.35. The second-order valence-corrected chi connectivity index (χ2v) is 9.38. The quantitative estimate of drug-likeness (QED) is 0.735. The standard InChI is InChI=1S/C20H38N4O2S/c1-6-7-17-15-23(19(25)26-20(2,3)4)12-13-24(17)18(27)21-14-16-8-10-22(5)11-9-16/h16-17H,6-15H2,1-5H3,(H,21,27). The third kappa shape index (κ3) is 7.11. The van der Waals surface area contributed by atoms with E-state index in [-0.39, 0.29) is 12.1 Å². The summed E-state index contributed by atoms with van der Waals surface area (Å²) in [6.45, 7) is 13.3. The average Bonchev–Trinajstić information content (AvgIpc) is 2.60. The average molecular weight is 399 g/mol. The fourth-order valence-corrected chi connectivity index (χ4v) is 4.12. The number of nitrogens with one attached hydrogen (secondary N) is 1. The van der Waals surface area contributed by atoms with E-state index in [0.717, 1.165) is 31.0 Å². The maximum absolute atomic E-state index is 12.4. The van der Waals surface area contributed by atoms with Crippen LogP contribution in [0.2, 0.25) is 0 Å². The molecule has 2 fully saturated rings. The number of nitrogens with zero attached hydrogens (tertiary/aromatic N) is 3. The van der Waals surface area contributed by atoms with Gasteiger partial charge in [-0.2, -0.15) is 0 Å². The van der Waals surface area contributed by atoms with E-state index in [9.17, 15) is 4.79 Å². The highest BCUT2D eigenvalue weighted by Gasteiger charge is 2.32. The zero-order valence-electron chi connectivity index (χ0n) is 17.8. The van der Waals surface area contributed by atoms with Crippen LogP contribution in [-0.2, 0) is 4.74 Å². The normalized spacial score (nSPS) is 22.6. The molecule has 1 N–H and O–H groups in total. The summed E-state index contributed by atoms with van der Waals surface area (Å²) in [5, 5.41) is 4.36. The zero-order chi connectivity index (χ0) is 20.0. The van der Waals surface area contributed by atoms with E-state index >= 15 is 0 Å². The van der Waals surface area contributed by atoms with Gasteiger partial charge in [0, 0.05) is 32.2 Å². The van der Waals surface area contributed by atoms with Gasteiger partial charge in [0.25, 0.3) is 0 Å². The Labute approximate surface area is 170 Å². The SMILES string of the molecule is CCCC1CN(C(=O)OC(C)(C)C)CCN1C(=S)NCC1CCN(C)CC1. The molecule has 6 nitrogen and oxygen atoms in total. The summed E-state index contributed by atoms with van der Waals surface area (Å²) < 4.78 is 5.55. The molecule has 0 aliphatic carbocycles. The highest BCUT2D eigenvalue weighted by Crippen LogP contribution is 2.19. The van der Waals surface area contributed by atoms with Gasteiger partial charge in [-0.25, -0.2) is 4.79 Å². The lowest BCUT2D eigenvalue weighted by atomic mass is 9.97. The van der Waals surface area contributed by atoms with E-state index in [1.807, 2.05) is 25.7 Å². The number of piperazine rings is 1. The third-order valence-electron chi connectivity index (χ3n) is 5.40. The summed E-state index contributed by atoms with van der Waals surface area (Å²) in [4.78, 5) is 18.9. The number of rotatable bonds is 4. The molecule has 0 aromatic heterocycles. The number of thiocarbonyl (C=S) groups is 1. The van der Waals surface area contributed by atoms with Crippen molar-refractivity contribution in [3.8, 4) is 0 Å². The monoisotopic (exact) mass is 398 g/mol. The van der Waals surface area contributed by atoms with Gasteiger partial charge in [0.05, 0.1) is 0 Å². The van der Waals surface area contributed by atoms with Crippen LogP contribution < -0.4 is 5.32 Å². The van der Waals surface area contributed by atoms with Crippen LogP contribution in [-0.4, -0.2) is 83.9 Å². The smallest absolute Gasteiger partial charge is 0.410 e. The van der Waals surface area contributed by atoms with Crippen molar-refractivity contribution in [3.05, 3.63) is 0 Å². The van der Waals surface area contributed by atoms with Crippen LogP contribution >= 0.6 is 12.2 Å². The molecule has 2 aliphatic heterocycles. The van der Waals surface area contributed by atoms with Gasteiger partial charge in [-0.3, -0.25) is 0 Å². The van der Waals surface area contributed by atoms with Crippen LogP contribution in [0.4, 0.5) is 4.79 Å². The summed E-state index contributed by atoms with van der Waals surface area (Å²) in [6, 6.07) is 0.258. The minimum atomic E-state index is -0.459. The van der Waals surface area contributed by atoms with E-state index < -0.39 is 5.60 Å². The molecule has 1 amide bonds. The fourth-order valence-electron chi connectivity index (χ4n) is 3.79. The lowest BCUT2D eigenvalue weighted by Gasteiger charge is -2.43. The molecule has 0 bridgehead atoms. The first-order chi connectivity index (χ1) is 12.7. The second kappa shape index (κ2) is 9.92. The van der Waals surface area contributed by atoms with Crippen molar-refractivity contribution in [2.75, 3.05) is 46.3 Å². The van der Waals surface area contributed by atoms with Crippen molar-refractivity contribution >= 4 is 23.4 Å². The number of amides is 1. The molecule has 0 aromatic carbocycles. The Kier molecular flexibility index (Phi) is 8.16. The Morgan fingerprint density at radius 2 is 1.85 bits per heavy atom. The number of hydrogen-bond donors (Lipinski definition) is 1. The molecular formula is C20H38N4O2S. The maximum Gasteiger partial charge on any atom is 0.410 e. The predicted octanol–water partition coefficient (Wildman–Crippen LogP) is 2.92. The highest BCUT2D eigenvalue weighted by atomic mass is 32.1. The fraction of sp³-hybridized carbons (Fsp3) is 0.900. The van der Waals surface area contributed by atoms with E-state index in [1.54, 1.807) is 0 Å². The highest BCUT2D eigenvalue weighted by molar-refractivity contribution is 7.80. The molecule has 0 spiro atoms. The minimum Gasteiger partial charge on any atom is -0.444 e.